The normalized spacial score (nSPS) is 11.0. The minimum absolute atomic E-state index is 0.256. The molecule has 0 spiro atoms. The first-order valence-electron chi connectivity index (χ1n) is 10.7. The smallest absolute Gasteiger partial charge is 0.336 e. The van der Waals surface area contributed by atoms with Crippen LogP contribution in [0.4, 0.5) is 0 Å². The van der Waals surface area contributed by atoms with Crippen molar-refractivity contribution in [3.8, 4) is 22.6 Å². The number of hydrogen-bond acceptors (Lipinski definition) is 6. The van der Waals surface area contributed by atoms with Gasteiger partial charge in [0.15, 0.2) is 0 Å². The van der Waals surface area contributed by atoms with E-state index in [1.165, 1.54) is 0 Å². The van der Waals surface area contributed by atoms with E-state index in [0.29, 0.717) is 41.4 Å². The summed E-state index contributed by atoms with van der Waals surface area (Å²) in [5.74, 6) is 0.0547. The van der Waals surface area contributed by atoms with Crippen LogP contribution in [0.5, 0.6) is 0 Å². The summed E-state index contributed by atoms with van der Waals surface area (Å²) >= 11 is 0. The molecule has 9 nitrogen and oxygen atoms in total. The third-order valence-electron chi connectivity index (χ3n) is 5.56. The van der Waals surface area contributed by atoms with Crippen molar-refractivity contribution in [1.29, 1.82) is 0 Å². The standard InChI is InChI=1S/C24H24N6O3/c1-3-4-9-20-25-23(31)15(2)21(22-26-28-29-27-22)30(20)14-16-10-12-17(13-11-16)18-7-5-6-8-19(18)24(32)33/h5-8,10-13H,3-4,9,14H2,1-2H3,(H,32,33)(H,26,27,28,29). The molecule has 4 aromatic rings. The topological polar surface area (TPSA) is 127 Å². The molecule has 168 valence electrons. The van der Waals surface area contributed by atoms with Crippen LogP contribution < -0.4 is 5.56 Å². The fourth-order valence-electron chi connectivity index (χ4n) is 3.83. The zero-order valence-electron chi connectivity index (χ0n) is 18.4. The Balaban J connectivity index is 1.75. The highest BCUT2D eigenvalue weighted by atomic mass is 16.4. The highest BCUT2D eigenvalue weighted by Gasteiger charge is 2.19. The van der Waals surface area contributed by atoms with E-state index >= 15 is 0 Å². The molecular weight excluding hydrogens is 420 g/mol. The van der Waals surface area contributed by atoms with Gasteiger partial charge in [0, 0.05) is 18.5 Å². The lowest BCUT2D eigenvalue weighted by Gasteiger charge is -2.18. The Kier molecular flexibility index (Phi) is 6.39. The molecule has 2 aromatic heterocycles. The van der Waals surface area contributed by atoms with Gasteiger partial charge in [-0.25, -0.2) is 4.79 Å². The number of aromatic nitrogens is 6. The molecule has 0 aliphatic carbocycles. The molecule has 0 fully saturated rings. The number of tetrazole rings is 1. The summed E-state index contributed by atoms with van der Waals surface area (Å²) in [5.41, 5.74) is 3.46. The van der Waals surface area contributed by atoms with Crippen LogP contribution in [0.1, 0.15) is 47.1 Å². The number of aromatic amines is 1. The van der Waals surface area contributed by atoms with E-state index in [9.17, 15) is 14.7 Å². The van der Waals surface area contributed by atoms with Crippen LogP contribution in [-0.4, -0.2) is 41.3 Å². The zero-order chi connectivity index (χ0) is 23.4. The van der Waals surface area contributed by atoms with Crippen molar-refractivity contribution in [2.75, 3.05) is 0 Å². The molecule has 4 rings (SSSR count). The first-order valence-corrected chi connectivity index (χ1v) is 10.7. The summed E-state index contributed by atoms with van der Waals surface area (Å²) in [6.07, 6.45) is 2.52. The number of carboxylic acids is 1. The molecular formula is C24H24N6O3. The summed E-state index contributed by atoms with van der Waals surface area (Å²) in [4.78, 5) is 28.5. The Morgan fingerprint density at radius 3 is 2.55 bits per heavy atom. The maximum Gasteiger partial charge on any atom is 0.336 e. The SMILES string of the molecule is CCCCc1nc(=O)c(C)c(-c2nn[nH]n2)n1Cc1ccc(-c2ccccc2C(=O)O)cc1. The Morgan fingerprint density at radius 1 is 1.12 bits per heavy atom. The average Bonchev–Trinajstić information content (AvgIpc) is 3.35. The Morgan fingerprint density at radius 2 is 1.88 bits per heavy atom. The number of rotatable bonds is 8. The van der Waals surface area contributed by atoms with Crippen molar-refractivity contribution < 1.29 is 9.90 Å². The van der Waals surface area contributed by atoms with Gasteiger partial charge >= 0.3 is 5.97 Å². The number of H-pyrrole nitrogens is 1. The second kappa shape index (κ2) is 9.56. The minimum atomic E-state index is -0.963. The summed E-state index contributed by atoms with van der Waals surface area (Å²) in [5, 5.41) is 23.8. The minimum Gasteiger partial charge on any atom is -0.478 e. The summed E-state index contributed by atoms with van der Waals surface area (Å²) < 4.78 is 1.97. The van der Waals surface area contributed by atoms with Crippen LogP contribution >= 0.6 is 0 Å². The first kappa shape index (κ1) is 22.1. The fraction of sp³-hybridized carbons (Fsp3) is 0.250. The molecule has 0 saturated carbocycles. The quantitative estimate of drug-likeness (QED) is 0.426. The van der Waals surface area contributed by atoms with E-state index < -0.39 is 5.97 Å². The maximum atomic E-state index is 12.6. The van der Waals surface area contributed by atoms with Crippen LogP contribution in [0.2, 0.25) is 0 Å². The van der Waals surface area contributed by atoms with Gasteiger partial charge in [-0.3, -0.25) is 4.79 Å². The van der Waals surface area contributed by atoms with Gasteiger partial charge in [0.1, 0.15) is 11.5 Å². The molecule has 0 radical (unpaired) electrons. The van der Waals surface area contributed by atoms with Crippen LogP contribution in [0.3, 0.4) is 0 Å². The van der Waals surface area contributed by atoms with Crippen molar-refractivity contribution in [3.63, 3.8) is 0 Å². The average molecular weight is 444 g/mol. The fourth-order valence-corrected chi connectivity index (χ4v) is 3.83. The highest BCUT2D eigenvalue weighted by Crippen LogP contribution is 2.25. The maximum absolute atomic E-state index is 12.6. The van der Waals surface area contributed by atoms with Gasteiger partial charge in [0.25, 0.3) is 5.56 Å². The van der Waals surface area contributed by atoms with Crippen LogP contribution in [0.15, 0.2) is 53.3 Å². The van der Waals surface area contributed by atoms with Crippen molar-refractivity contribution in [1.82, 2.24) is 30.2 Å². The number of hydrogen-bond donors (Lipinski definition) is 2. The lowest BCUT2D eigenvalue weighted by molar-refractivity contribution is 0.0697. The highest BCUT2D eigenvalue weighted by molar-refractivity contribution is 5.95. The van der Waals surface area contributed by atoms with Crippen molar-refractivity contribution in [3.05, 3.63) is 81.4 Å². The Hall–Kier alpha value is -4.14. The first-order chi connectivity index (χ1) is 16.0. The molecule has 9 heteroatoms. The van der Waals surface area contributed by atoms with Crippen molar-refractivity contribution in [2.24, 2.45) is 0 Å². The number of carboxylic acid groups (broad SMARTS) is 1. The van der Waals surface area contributed by atoms with Gasteiger partial charge in [0.2, 0.25) is 5.82 Å². The number of nitrogens with one attached hydrogen (secondary N) is 1. The Labute approximate surface area is 190 Å². The number of carbonyl (C=O) groups is 1. The third-order valence-corrected chi connectivity index (χ3v) is 5.56. The second-order valence-corrected chi connectivity index (χ2v) is 7.78. The number of nitrogens with zero attached hydrogens (tertiary/aromatic N) is 5. The molecule has 0 atom stereocenters. The number of unbranched alkanes of at least 4 members (excludes halogenated alkanes) is 1. The summed E-state index contributed by atoms with van der Waals surface area (Å²) in [6, 6.07) is 14.6. The van der Waals surface area contributed by atoms with E-state index in [4.69, 9.17) is 0 Å². The van der Waals surface area contributed by atoms with E-state index in [2.05, 4.69) is 32.5 Å². The molecule has 0 saturated heterocycles. The lowest BCUT2D eigenvalue weighted by atomic mass is 9.98. The van der Waals surface area contributed by atoms with E-state index in [0.717, 1.165) is 24.0 Å². The van der Waals surface area contributed by atoms with E-state index in [1.807, 2.05) is 34.9 Å². The van der Waals surface area contributed by atoms with Gasteiger partial charge in [-0.05, 0) is 41.3 Å². The number of benzene rings is 2. The van der Waals surface area contributed by atoms with Crippen molar-refractivity contribution in [2.45, 2.75) is 39.7 Å². The number of aryl methyl sites for hydroxylation is 1. The van der Waals surface area contributed by atoms with Gasteiger partial charge in [-0.15, -0.1) is 10.2 Å². The van der Waals surface area contributed by atoms with Crippen LogP contribution in [-0.2, 0) is 13.0 Å². The molecule has 0 aliphatic rings. The van der Waals surface area contributed by atoms with Gasteiger partial charge < -0.3 is 9.67 Å². The molecule has 0 amide bonds. The predicted octanol–water partition coefficient (Wildman–Crippen LogP) is 3.49. The molecule has 0 aliphatic heterocycles. The molecule has 0 bridgehead atoms. The molecule has 2 N–H and O–H groups in total. The van der Waals surface area contributed by atoms with E-state index in [1.54, 1.807) is 25.1 Å². The molecule has 2 heterocycles. The van der Waals surface area contributed by atoms with Crippen molar-refractivity contribution >= 4 is 5.97 Å². The Bertz CT molecular complexity index is 1330. The van der Waals surface area contributed by atoms with E-state index in [-0.39, 0.29) is 11.1 Å². The predicted molar refractivity (Wildman–Crippen MR) is 123 cm³/mol. The largest absolute Gasteiger partial charge is 0.478 e. The van der Waals surface area contributed by atoms with Crippen LogP contribution in [0, 0.1) is 6.92 Å². The number of aromatic carboxylic acids is 1. The van der Waals surface area contributed by atoms with Gasteiger partial charge in [-0.2, -0.15) is 10.2 Å². The third kappa shape index (κ3) is 4.57. The molecule has 2 aromatic carbocycles. The van der Waals surface area contributed by atoms with Gasteiger partial charge in [-0.1, -0.05) is 55.8 Å². The molecule has 33 heavy (non-hydrogen) atoms. The zero-order valence-corrected chi connectivity index (χ0v) is 18.4. The summed E-state index contributed by atoms with van der Waals surface area (Å²) in [6.45, 7) is 4.26. The van der Waals surface area contributed by atoms with Gasteiger partial charge in [0.05, 0.1) is 5.56 Å². The summed E-state index contributed by atoms with van der Waals surface area (Å²) in [7, 11) is 0. The van der Waals surface area contributed by atoms with Crippen LogP contribution in [0.25, 0.3) is 22.6 Å². The second-order valence-electron chi connectivity index (χ2n) is 7.78. The molecule has 0 unspecified atom stereocenters. The monoisotopic (exact) mass is 444 g/mol. The lowest BCUT2D eigenvalue weighted by Crippen LogP contribution is -2.24.